The van der Waals surface area contributed by atoms with Gasteiger partial charge in [0.15, 0.2) is 5.13 Å². The highest BCUT2D eigenvalue weighted by Gasteiger charge is 2.30. The van der Waals surface area contributed by atoms with E-state index in [2.05, 4.69) is 20.8 Å². The molecule has 1 fully saturated rings. The van der Waals surface area contributed by atoms with Crippen LogP contribution in [0, 0.1) is 0 Å². The number of rotatable bonds is 5. The van der Waals surface area contributed by atoms with E-state index >= 15 is 0 Å². The Morgan fingerprint density at radius 3 is 2.55 bits per heavy atom. The molecule has 1 aromatic heterocycles. The average molecular weight is 494 g/mol. The first-order valence-corrected chi connectivity index (χ1v) is 12.2. The minimum absolute atomic E-state index is 0.308. The first-order valence-electron chi connectivity index (χ1n) is 9.08. The molecule has 0 amide bonds. The van der Waals surface area contributed by atoms with Gasteiger partial charge in [-0.3, -0.25) is 0 Å². The summed E-state index contributed by atoms with van der Waals surface area (Å²) in [6.07, 6.45) is 0. The Morgan fingerprint density at radius 1 is 1.07 bits per heavy atom. The van der Waals surface area contributed by atoms with Gasteiger partial charge in [-0.2, -0.15) is 4.31 Å². The van der Waals surface area contributed by atoms with E-state index in [1.165, 1.54) is 0 Å². The normalized spacial score (nSPS) is 15.4. The monoisotopic (exact) mass is 493 g/mol. The third kappa shape index (κ3) is 4.18. The lowest BCUT2D eigenvalue weighted by Crippen LogP contribution is -2.48. The number of aromatic nitrogens is 1. The molecule has 0 bridgehead atoms. The van der Waals surface area contributed by atoms with E-state index in [4.69, 9.17) is 9.72 Å². The summed E-state index contributed by atoms with van der Waals surface area (Å²) < 4.78 is 33.3. The van der Waals surface area contributed by atoms with Gasteiger partial charge in [0.25, 0.3) is 0 Å². The standard InChI is InChI=1S/C20H20BrN3O3S2/c1-27-16-6-4-5-15(13-16)18-14-28-20(22-18)23-9-11-24(12-10-23)29(25,26)19-8-3-2-7-17(19)21/h2-8,13-14H,9-12H2,1H3. The van der Waals surface area contributed by atoms with Crippen LogP contribution in [0.1, 0.15) is 0 Å². The molecule has 0 N–H and O–H groups in total. The predicted octanol–water partition coefficient (Wildman–Crippen LogP) is 4.09. The van der Waals surface area contributed by atoms with Gasteiger partial charge in [-0.1, -0.05) is 24.3 Å². The van der Waals surface area contributed by atoms with E-state index in [-0.39, 0.29) is 0 Å². The van der Waals surface area contributed by atoms with Crippen molar-refractivity contribution in [2.24, 2.45) is 0 Å². The van der Waals surface area contributed by atoms with Crippen molar-refractivity contribution < 1.29 is 13.2 Å². The Kier molecular flexibility index (Phi) is 5.91. The third-order valence-corrected chi connectivity index (χ3v) is 8.63. The van der Waals surface area contributed by atoms with Crippen LogP contribution in [0.2, 0.25) is 0 Å². The molecule has 2 heterocycles. The zero-order chi connectivity index (χ0) is 20.4. The van der Waals surface area contributed by atoms with Crippen molar-refractivity contribution in [1.29, 1.82) is 0 Å². The van der Waals surface area contributed by atoms with Crippen LogP contribution in [0.5, 0.6) is 5.75 Å². The number of hydrogen-bond acceptors (Lipinski definition) is 6. The molecule has 29 heavy (non-hydrogen) atoms. The number of methoxy groups -OCH3 is 1. The lowest BCUT2D eigenvalue weighted by molar-refractivity contribution is 0.384. The maximum atomic E-state index is 13.0. The molecule has 0 saturated carbocycles. The molecule has 0 atom stereocenters. The van der Waals surface area contributed by atoms with Gasteiger partial charge in [0.2, 0.25) is 10.0 Å². The quantitative estimate of drug-likeness (QED) is 0.535. The predicted molar refractivity (Wildman–Crippen MR) is 119 cm³/mol. The second-order valence-corrected chi connectivity index (χ2v) is 10.2. The molecule has 3 aromatic rings. The summed E-state index contributed by atoms with van der Waals surface area (Å²) in [5.41, 5.74) is 1.90. The summed E-state index contributed by atoms with van der Waals surface area (Å²) in [6, 6.07) is 14.7. The Labute approximate surface area is 182 Å². The van der Waals surface area contributed by atoms with E-state index in [0.29, 0.717) is 35.5 Å². The van der Waals surface area contributed by atoms with Crippen molar-refractivity contribution in [2.45, 2.75) is 4.90 Å². The molecule has 0 radical (unpaired) electrons. The average Bonchev–Trinajstić information content (AvgIpc) is 3.24. The molecule has 1 aliphatic rings. The lowest BCUT2D eigenvalue weighted by Gasteiger charge is -2.33. The number of piperazine rings is 1. The fraction of sp³-hybridized carbons (Fsp3) is 0.250. The van der Waals surface area contributed by atoms with Crippen molar-refractivity contribution in [3.8, 4) is 17.0 Å². The van der Waals surface area contributed by atoms with Crippen LogP contribution in [0.15, 0.2) is 63.3 Å². The Bertz CT molecular complexity index is 1110. The fourth-order valence-electron chi connectivity index (χ4n) is 3.24. The number of benzene rings is 2. The molecule has 2 aromatic carbocycles. The van der Waals surface area contributed by atoms with E-state index in [1.54, 1.807) is 41.0 Å². The van der Waals surface area contributed by atoms with Gasteiger partial charge in [-0.05, 0) is 40.2 Å². The van der Waals surface area contributed by atoms with Gasteiger partial charge in [0, 0.05) is 41.6 Å². The highest BCUT2D eigenvalue weighted by molar-refractivity contribution is 9.10. The van der Waals surface area contributed by atoms with Crippen LogP contribution in [0.25, 0.3) is 11.3 Å². The van der Waals surface area contributed by atoms with E-state index in [1.807, 2.05) is 35.7 Å². The number of thiazole rings is 1. The number of nitrogens with zero attached hydrogens (tertiary/aromatic N) is 3. The van der Waals surface area contributed by atoms with Crippen LogP contribution >= 0.6 is 27.3 Å². The first kappa shape index (κ1) is 20.3. The van der Waals surface area contributed by atoms with Crippen molar-refractivity contribution >= 4 is 42.4 Å². The molecule has 0 spiro atoms. The summed E-state index contributed by atoms with van der Waals surface area (Å²) in [4.78, 5) is 7.20. The van der Waals surface area contributed by atoms with Gasteiger partial charge in [0.1, 0.15) is 5.75 Å². The number of anilines is 1. The maximum Gasteiger partial charge on any atom is 0.244 e. The van der Waals surface area contributed by atoms with Crippen molar-refractivity contribution in [3.63, 3.8) is 0 Å². The van der Waals surface area contributed by atoms with E-state index in [0.717, 1.165) is 22.1 Å². The first-order chi connectivity index (χ1) is 14.0. The Hall–Kier alpha value is -1.94. The van der Waals surface area contributed by atoms with Crippen LogP contribution in [-0.2, 0) is 10.0 Å². The van der Waals surface area contributed by atoms with Gasteiger partial charge < -0.3 is 9.64 Å². The molecule has 9 heteroatoms. The number of hydrogen-bond donors (Lipinski definition) is 0. The van der Waals surface area contributed by atoms with Gasteiger partial charge >= 0.3 is 0 Å². The summed E-state index contributed by atoms with van der Waals surface area (Å²) >= 11 is 4.92. The van der Waals surface area contributed by atoms with Crippen molar-refractivity contribution in [1.82, 2.24) is 9.29 Å². The minimum Gasteiger partial charge on any atom is -0.497 e. The molecule has 1 saturated heterocycles. The van der Waals surface area contributed by atoms with E-state index < -0.39 is 10.0 Å². The summed E-state index contributed by atoms with van der Waals surface area (Å²) in [7, 11) is -1.87. The topological polar surface area (TPSA) is 62.7 Å². The lowest BCUT2D eigenvalue weighted by atomic mass is 10.2. The Balaban J connectivity index is 1.46. The Morgan fingerprint density at radius 2 is 1.83 bits per heavy atom. The van der Waals surface area contributed by atoms with Crippen LogP contribution in [0.3, 0.4) is 0 Å². The molecule has 1 aliphatic heterocycles. The van der Waals surface area contributed by atoms with Gasteiger partial charge in [-0.15, -0.1) is 11.3 Å². The minimum atomic E-state index is -3.51. The third-order valence-electron chi connectivity index (χ3n) is 4.82. The number of halogens is 1. The SMILES string of the molecule is COc1cccc(-c2csc(N3CCN(S(=O)(=O)c4ccccc4Br)CC3)n2)c1. The van der Waals surface area contributed by atoms with Crippen LogP contribution < -0.4 is 9.64 Å². The van der Waals surface area contributed by atoms with Gasteiger partial charge in [0.05, 0.1) is 17.7 Å². The van der Waals surface area contributed by atoms with Crippen molar-refractivity contribution in [3.05, 3.63) is 58.4 Å². The van der Waals surface area contributed by atoms with Crippen LogP contribution in [0.4, 0.5) is 5.13 Å². The molecular formula is C20H20BrN3O3S2. The highest BCUT2D eigenvalue weighted by Crippen LogP contribution is 2.31. The van der Waals surface area contributed by atoms with Gasteiger partial charge in [-0.25, -0.2) is 13.4 Å². The molecule has 0 aliphatic carbocycles. The maximum absolute atomic E-state index is 13.0. The summed E-state index contributed by atoms with van der Waals surface area (Å²) in [5.74, 6) is 0.794. The molecule has 6 nitrogen and oxygen atoms in total. The molecule has 152 valence electrons. The highest BCUT2D eigenvalue weighted by atomic mass is 79.9. The van der Waals surface area contributed by atoms with Crippen LogP contribution in [-0.4, -0.2) is 51.0 Å². The zero-order valence-electron chi connectivity index (χ0n) is 15.8. The second kappa shape index (κ2) is 8.43. The second-order valence-electron chi connectivity index (χ2n) is 6.57. The van der Waals surface area contributed by atoms with E-state index in [9.17, 15) is 8.42 Å². The zero-order valence-corrected chi connectivity index (χ0v) is 19.0. The smallest absolute Gasteiger partial charge is 0.244 e. The number of ether oxygens (including phenoxy) is 1. The molecular weight excluding hydrogens is 474 g/mol. The number of sulfonamides is 1. The largest absolute Gasteiger partial charge is 0.497 e. The summed E-state index contributed by atoms with van der Waals surface area (Å²) in [6.45, 7) is 2.07. The molecule has 0 unspecified atom stereocenters. The summed E-state index contributed by atoms with van der Waals surface area (Å²) in [5, 5.41) is 2.93. The molecule has 4 rings (SSSR count). The van der Waals surface area contributed by atoms with Crippen molar-refractivity contribution in [2.75, 3.05) is 38.2 Å². The fourth-order valence-corrected chi connectivity index (χ4v) is 6.51.